The third-order valence-corrected chi connectivity index (χ3v) is 4.59. The van der Waals surface area contributed by atoms with Crippen LogP contribution in [0.3, 0.4) is 0 Å². The Labute approximate surface area is 168 Å². The van der Waals surface area contributed by atoms with Gasteiger partial charge in [-0.25, -0.2) is 4.98 Å². The maximum atomic E-state index is 12.4. The molecule has 4 rings (SSSR count). The van der Waals surface area contributed by atoms with Crippen LogP contribution in [0.15, 0.2) is 90.1 Å². The van der Waals surface area contributed by atoms with Crippen molar-refractivity contribution in [2.24, 2.45) is 0 Å². The van der Waals surface area contributed by atoms with E-state index in [-0.39, 0.29) is 5.56 Å². The molecule has 0 bridgehead atoms. The first-order valence-electron chi connectivity index (χ1n) is 9.48. The molecule has 1 N–H and O–H groups in total. The minimum absolute atomic E-state index is 0.183. The average molecular weight is 383 g/mol. The fourth-order valence-corrected chi connectivity index (χ4v) is 3.12. The summed E-state index contributed by atoms with van der Waals surface area (Å²) in [7, 11) is 0. The highest BCUT2D eigenvalue weighted by atomic mass is 16.1. The number of nitrogens with one attached hydrogen (secondary N) is 1. The fraction of sp³-hybridized carbons (Fsp3) is 0.130. The van der Waals surface area contributed by atoms with Gasteiger partial charge in [0.25, 0.3) is 5.56 Å². The summed E-state index contributed by atoms with van der Waals surface area (Å²) in [6.07, 6.45) is 5.93. The number of anilines is 1. The predicted octanol–water partition coefficient (Wildman–Crippen LogP) is 3.48. The molecule has 0 unspecified atom stereocenters. The predicted molar refractivity (Wildman–Crippen MR) is 114 cm³/mol. The number of hydrogen-bond acceptors (Lipinski definition) is 5. The molecule has 0 amide bonds. The Morgan fingerprint density at radius 2 is 1.69 bits per heavy atom. The summed E-state index contributed by atoms with van der Waals surface area (Å²) in [5.74, 6) is 0.545. The summed E-state index contributed by atoms with van der Waals surface area (Å²) in [5.41, 5.74) is 3.44. The van der Waals surface area contributed by atoms with Gasteiger partial charge < -0.3 is 4.90 Å². The van der Waals surface area contributed by atoms with E-state index in [1.807, 2.05) is 48.5 Å². The number of aromatic amines is 1. The Hall–Kier alpha value is -3.80. The molecule has 0 radical (unpaired) electrons. The highest BCUT2D eigenvalue weighted by molar-refractivity contribution is 5.59. The lowest BCUT2D eigenvalue weighted by Crippen LogP contribution is -2.29. The molecule has 0 aliphatic carbocycles. The van der Waals surface area contributed by atoms with E-state index < -0.39 is 0 Å². The van der Waals surface area contributed by atoms with E-state index in [0.717, 1.165) is 23.2 Å². The second-order valence-corrected chi connectivity index (χ2v) is 6.67. The van der Waals surface area contributed by atoms with Crippen LogP contribution in [0.1, 0.15) is 11.3 Å². The Kier molecular flexibility index (Phi) is 5.71. The van der Waals surface area contributed by atoms with Gasteiger partial charge in [-0.1, -0.05) is 36.4 Å². The Bertz CT molecular complexity index is 1100. The number of hydrogen-bond donors (Lipinski definition) is 1. The van der Waals surface area contributed by atoms with E-state index >= 15 is 0 Å². The minimum atomic E-state index is -0.183. The molecule has 6 heteroatoms. The van der Waals surface area contributed by atoms with E-state index in [2.05, 4.69) is 32.0 Å². The molecule has 4 aromatic rings. The van der Waals surface area contributed by atoms with E-state index in [4.69, 9.17) is 4.98 Å². The van der Waals surface area contributed by atoms with Crippen molar-refractivity contribution in [3.8, 4) is 11.3 Å². The zero-order valence-corrected chi connectivity index (χ0v) is 15.9. The Balaban J connectivity index is 1.66. The monoisotopic (exact) mass is 383 g/mol. The first-order chi connectivity index (χ1) is 14.3. The number of rotatable bonds is 7. The van der Waals surface area contributed by atoms with Gasteiger partial charge >= 0.3 is 0 Å². The molecule has 0 saturated carbocycles. The van der Waals surface area contributed by atoms with Crippen molar-refractivity contribution in [1.29, 1.82) is 0 Å². The number of benzene rings is 1. The van der Waals surface area contributed by atoms with Crippen LogP contribution in [0.5, 0.6) is 0 Å². The van der Waals surface area contributed by atoms with Crippen molar-refractivity contribution in [2.75, 3.05) is 11.4 Å². The molecule has 0 fully saturated rings. The molecular weight excluding hydrogens is 362 g/mol. The van der Waals surface area contributed by atoms with Gasteiger partial charge in [-0.2, -0.15) is 0 Å². The van der Waals surface area contributed by atoms with Crippen LogP contribution in [-0.4, -0.2) is 26.5 Å². The quantitative estimate of drug-likeness (QED) is 0.529. The summed E-state index contributed by atoms with van der Waals surface area (Å²) in [6, 6.07) is 21.2. The van der Waals surface area contributed by atoms with E-state index in [9.17, 15) is 4.79 Å². The topological polar surface area (TPSA) is 74.8 Å². The lowest BCUT2D eigenvalue weighted by Gasteiger charge is -2.23. The van der Waals surface area contributed by atoms with Gasteiger partial charge in [0, 0.05) is 55.4 Å². The summed E-state index contributed by atoms with van der Waals surface area (Å²) >= 11 is 0. The Morgan fingerprint density at radius 1 is 0.897 bits per heavy atom. The summed E-state index contributed by atoms with van der Waals surface area (Å²) < 4.78 is 0. The van der Waals surface area contributed by atoms with Gasteiger partial charge in [0.05, 0.1) is 5.69 Å². The van der Waals surface area contributed by atoms with Gasteiger partial charge in [-0.05, 0) is 29.8 Å². The maximum Gasteiger partial charge on any atom is 0.252 e. The van der Waals surface area contributed by atoms with Crippen LogP contribution in [0.2, 0.25) is 0 Å². The molecule has 3 heterocycles. The molecule has 6 nitrogen and oxygen atoms in total. The second kappa shape index (κ2) is 8.93. The van der Waals surface area contributed by atoms with Crippen LogP contribution in [0.25, 0.3) is 11.3 Å². The molecule has 3 aromatic heterocycles. The number of aromatic nitrogens is 4. The SMILES string of the molecule is O=c1cc(-c2ccncc2)nc(N(CCc2ccccn2)Cc2ccccc2)[nH]1. The lowest BCUT2D eigenvalue weighted by atomic mass is 10.2. The molecule has 0 spiro atoms. The largest absolute Gasteiger partial charge is 0.338 e. The molecule has 29 heavy (non-hydrogen) atoms. The second-order valence-electron chi connectivity index (χ2n) is 6.67. The lowest BCUT2D eigenvalue weighted by molar-refractivity contribution is 0.741. The molecule has 0 aliphatic rings. The van der Waals surface area contributed by atoms with E-state index in [0.29, 0.717) is 24.7 Å². The zero-order valence-electron chi connectivity index (χ0n) is 15.9. The molecule has 0 aliphatic heterocycles. The maximum absolute atomic E-state index is 12.4. The average Bonchev–Trinajstić information content (AvgIpc) is 2.78. The van der Waals surface area contributed by atoms with Crippen molar-refractivity contribution >= 4 is 5.95 Å². The summed E-state index contributed by atoms with van der Waals surface area (Å²) in [4.78, 5) is 30.5. The number of pyridine rings is 2. The standard InChI is InChI=1S/C23H21N5O/c29-22-16-21(19-9-13-24-14-10-19)26-23(27-22)28(17-18-6-2-1-3-7-18)15-11-20-8-4-5-12-25-20/h1-10,12-14,16H,11,15,17H2,(H,26,27,29). The summed E-state index contributed by atoms with van der Waals surface area (Å²) in [6.45, 7) is 1.31. The van der Waals surface area contributed by atoms with Crippen molar-refractivity contribution in [3.05, 3.63) is 107 Å². The third-order valence-electron chi connectivity index (χ3n) is 4.59. The van der Waals surface area contributed by atoms with Gasteiger partial charge in [-0.15, -0.1) is 0 Å². The van der Waals surface area contributed by atoms with Gasteiger partial charge in [0.15, 0.2) is 0 Å². The van der Waals surface area contributed by atoms with Gasteiger partial charge in [0.1, 0.15) is 0 Å². The van der Waals surface area contributed by atoms with Crippen molar-refractivity contribution < 1.29 is 0 Å². The highest BCUT2D eigenvalue weighted by Crippen LogP contribution is 2.18. The summed E-state index contributed by atoms with van der Waals surface area (Å²) in [5, 5.41) is 0. The minimum Gasteiger partial charge on any atom is -0.338 e. The van der Waals surface area contributed by atoms with E-state index in [1.54, 1.807) is 18.6 Å². The molecule has 0 saturated heterocycles. The van der Waals surface area contributed by atoms with E-state index in [1.165, 1.54) is 6.07 Å². The van der Waals surface area contributed by atoms with Gasteiger partial charge in [0.2, 0.25) is 5.95 Å². The Morgan fingerprint density at radius 3 is 2.45 bits per heavy atom. The van der Waals surface area contributed by atoms with Crippen LogP contribution in [0, 0.1) is 0 Å². The highest BCUT2D eigenvalue weighted by Gasteiger charge is 2.13. The van der Waals surface area contributed by atoms with Crippen molar-refractivity contribution in [1.82, 2.24) is 19.9 Å². The van der Waals surface area contributed by atoms with Crippen LogP contribution >= 0.6 is 0 Å². The molecule has 0 atom stereocenters. The van der Waals surface area contributed by atoms with Crippen LogP contribution in [0.4, 0.5) is 5.95 Å². The van der Waals surface area contributed by atoms with Crippen molar-refractivity contribution in [2.45, 2.75) is 13.0 Å². The van der Waals surface area contributed by atoms with Crippen LogP contribution < -0.4 is 10.5 Å². The number of nitrogens with zero attached hydrogens (tertiary/aromatic N) is 4. The van der Waals surface area contributed by atoms with Gasteiger partial charge in [-0.3, -0.25) is 19.7 Å². The molecule has 1 aromatic carbocycles. The van der Waals surface area contributed by atoms with Crippen LogP contribution in [-0.2, 0) is 13.0 Å². The zero-order chi connectivity index (χ0) is 19.9. The third kappa shape index (κ3) is 4.93. The number of H-pyrrole nitrogens is 1. The smallest absolute Gasteiger partial charge is 0.252 e. The fourth-order valence-electron chi connectivity index (χ4n) is 3.12. The van der Waals surface area contributed by atoms with Crippen molar-refractivity contribution in [3.63, 3.8) is 0 Å². The first kappa shape index (κ1) is 18.6. The first-order valence-corrected chi connectivity index (χ1v) is 9.48. The molecular formula is C23H21N5O. The normalized spacial score (nSPS) is 10.6. The molecule has 144 valence electrons.